The van der Waals surface area contributed by atoms with Crippen LogP contribution in [0.25, 0.3) is 0 Å². The minimum Gasteiger partial charge on any atom is -0.467 e. The van der Waals surface area contributed by atoms with Crippen LogP contribution in [0.4, 0.5) is 0 Å². The number of nitrogens with zero attached hydrogens (tertiary/aromatic N) is 1. The molecule has 0 aliphatic heterocycles. The maximum Gasteiger partial charge on any atom is 0.129 e. The van der Waals surface area contributed by atoms with E-state index >= 15 is 0 Å². The molecule has 5 heteroatoms. The van der Waals surface area contributed by atoms with Gasteiger partial charge in [0, 0.05) is 33.4 Å². The molecule has 2 rings (SSSR count). The van der Waals surface area contributed by atoms with Gasteiger partial charge in [0.25, 0.3) is 0 Å². The molecule has 0 saturated carbocycles. The molecule has 0 fully saturated rings. The number of rotatable bonds is 12. The minimum atomic E-state index is -0.544. The summed E-state index contributed by atoms with van der Waals surface area (Å²) >= 11 is 0. The molecule has 2 aromatic rings. The molecule has 1 aromatic carbocycles. The van der Waals surface area contributed by atoms with Crippen LogP contribution in [0.5, 0.6) is 0 Å². The lowest BCUT2D eigenvalue weighted by atomic mass is 10.0. The first-order chi connectivity index (χ1) is 12.6. The van der Waals surface area contributed by atoms with E-state index in [4.69, 9.17) is 13.9 Å². The van der Waals surface area contributed by atoms with Gasteiger partial charge in [0.2, 0.25) is 0 Å². The highest BCUT2D eigenvalue weighted by molar-refractivity contribution is 5.30. The van der Waals surface area contributed by atoms with E-state index in [9.17, 15) is 5.11 Å². The maximum absolute atomic E-state index is 10.4. The monoisotopic (exact) mass is 361 g/mol. The van der Waals surface area contributed by atoms with Crippen LogP contribution in [0.15, 0.2) is 41.0 Å². The molecule has 0 aliphatic carbocycles. The predicted molar refractivity (Wildman–Crippen MR) is 102 cm³/mol. The fourth-order valence-electron chi connectivity index (χ4n) is 2.92. The van der Waals surface area contributed by atoms with Crippen molar-refractivity contribution in [3.8, 4) is 0 Å². The van der Waals surface area contributed by atoms with Crippen molar-refractivity contribution >= 4 is 0 Å². The zero-order valence-electron chi connectivity index (χ0n) is 16.1. The van der Waals surface area contributed by atoms with E-state index in [-0.39, 0.29) is 6.61 Å². The number of aliphatic hydroxyl groups is 1. The van der Waals surface area contributed by atoms with Crippen LogP contribution in [0.3, 0.4) is 0 Å². The van der Waals surface area contributed by atoms with E-state index in [2.05, 4.69) is 36.9 Å². The summed E-state index contributed by atoms with van der Waals surface area (Å²) in [6.45, 7) is 7.87. The first-order valence-corrected chi connectivity index (χ1v) is 9.14. The molecule has 1 heterocycles. The van der Waals surface area contributed by atoms with Gasteiger partial charge < -0.3 is 19.0 Å². The number of aliphatic hydroxyl groups excluding tert-OH is 1. The number of hydrogen-bond acceptors (Lipinski definition) is 5. The molecule has 5 nitrogen and oxygen atoms in total. The average Bonchev–Trinajstić information content (AvgIpc) is 3.11. The maximum atomic E-state index is 10.4. The molecule has 0 unspecified atom stereocenters. The number of benzene rings is 1. The quantitative estimate of drug-likeness (QED) is 0.588. The van der Waals surface area contributed by atoms with E-state index < -0.39 is 6.10 Å². The van der Waals surface area contributed by atoms with E-state index in [1.807, 2.05) is 12.1 Å². The summed E-state index contributed by atoms with van der Waals surface area (Å²) in [5.41, 5.74) is 3.83. The van der Waals surface area contributed by atoms with Crippen molar-refractivity contribution in [1.82, 2.24) is 4.90 Å². The number of hydrogen-bond donors (Lipinski definition) is 1. The molecular weight excluding hydrogens is 330 g/mol. The molecule has 0 saturated heterocycles. The Kier molecular flexibility index (Phi) is 8.85. The smallest absolute Gasteiger partial charge is 0.129 e. The largest absolute Gasteiger partial charge is 0.467 e. The van der Waals surface area contributed by atoms with Crippen molar-refractivity contribution in [1.29, 1.82) is 0 Å². The third kappa shape index (κ3) is 7.30. The lowest BCUT2D eigenvalue weighted by molar-refractivity contribution is 0.00279. The highest BCUT2D eigenvalue weighted by atomic mass is 16.5. The molecule has 0 radical (unpaired) electrons. The van der Waals surface area contributed by atoms with Gasteiger partial charge in [-0.2, -0.15) is 0 Å². The first-order valence-electron chi connectivity index (χ1n) is 9.14. The van der Waals surface area contributed by atoms with Gasteiger partial charge in [-0.15, -0.1) is 0 Å². The topological polar surface area (TPSA) is 55.1 Å². The second-order valence-electron chi connectivity index (χ2n) is 6.76. The molecular formula is C21H31NO4. The van der Waals surface area contributed by atoms with Crippen molar-refractivity contribution in [2.75, 3.05) is 33.4 Å². The van der Waals surface area contributed by atoms with Crippen LogP contribution < -0.4 is 0 Å². The second kappa shape index (κ2) is 11.1. The molecule has 1 atom stereocenters. The SMILES string of the molecule is COCCCN(Cc1cc(C)ccc1C)C[C@H](O)COCc1ccco1. The zero-order valence-corrected chi connectivity index (χ0v) is 16.1. The summed E-state index contributed by atoms with van der Waals surface area (Å²) < 4.78 is 16.0. The van der Waals surface area contributed by atoms with E-state index in [0.717, 1.165) is 25.3 Å². The van der Waals surface area contributed by atoms with Gasteiger partial charge in [0.15, 0.2) is 0 Å². The Morgan fingerprint density at radius 3 is 2.81 bits per heavy atom. The molecule has 26 heavy (non-hydrogen) atoms. The molecule has 0 aliphatic rings. The standard InChI is InChI=1S/C21H31NO4/c1-17-7-8-18(2)19(12-17)13-22(9-5-10-24-3)14-20(23)15-25-16-21-6-4-11-26-21/h4,6-8,11-12,20,23H,5,9-10,13-16H2,1-3H3/t20-/m0/s1. The molecule has 1 aromatic heterocycles. The predicted octanol–water partition coefficient (Wildman–Crippen LogP) is 3.31. The minimum absolute atomic E-state index is 0.286. The van der Waals surface area contributed by atoms with Crippen LogP contribution in [-0.2, 0) is 22.6 Å². The number of aryl methyl sites for hydroxylation is 2. The lowest BCUT2D eigenvalue weighted by Crippen LogP contribution is -2.35. The molecule has 1 N–H and O–H groups in total. The van der Waals surface area contributed by atoms with Crippen molar-refractivity contribution in [2.24, 2.45) is 0 Å². The van der Waals surface area contributed by atoms with Gasteiger partial charge in [-0.3, -0.25) is 4.90 Å². The van der Waals surface area contributed by atoms with E-state index in [1.54, 1.807) is 13.4 Å². The third-order valence-corrected chi connectivity index (χ3v) is 4.32. The summed E-state index contributed by atoms with van der Waals surface area (Å²) in [7, 11) is 1.71. The normalized spacial score (nSPS) is 12.7. The summed E-state index contributed by atoms with van der Waals surface area (Å²) in [5.74, 6) is 0.768. The second-order valence-corrected chi connectivity index (χ2v) is 6.76. The van der Waals surface area contributed by atoms with Crippen LogP contribution in [0.2, 0.25) is 0 Å². The van der Waals surface area contributed by atoms with E-state index in [1.165, 1.54) is 16.7 Å². The van der Waals surface area contributed by atoms with Crippen LogP contribution in [0.1, 0.15) is 28.9 Å². The fraction of sp³-hybridized carbons (Fsp3) is 0.524. The van der Waals surface area contributed by atoms with Crippen molar-refractivity contribution < 1.29 is 19.0 Å². The van der Waals surface area contributed by atoms with Gasteiger partial charge in [0.05, 0.1) is 19.0 Å². The van der Waals surface area contributed by atoms with Crippen molar-refractivity contribution in [2.45, 2.75) is 39.5 Å². The van der Waals surface area contributed by atoms with Gasteiger partial charge in [-0.25, -0.2) is 0 Å². The fourth-order valence-corrected chi connectivity index (χ4v) is 2.92. The number of methoxy groups -OCH3 is 1. The Bertz CT molecular complexity index is 627. The van der Waals surface area contributed by atoms with Crippen molar-refractivity contribution in [3.63, 3.8) is 0 Å². The Hall–Kier alpha value is -1.66. The summed E-state index contributed by atoms with van der Waals surface area (Å²) in [6.07, 6.45) is 2.01. The van der Waals surface area contributed by atoms with Crippen molar-refractivity contribution in [3.05, 3.63) is 59.0 Å². The molecule has 0 spiro atoms. The van der Waals surface area contributed by atoms with Crippen LogP contribution >= 0.6 is 0 Å². The molecule has 0 amide bonds. The lowest BCUT2D eigenvalue weighted by Gasteiger charge is -2.26. The van der Waals surface area contributed by atoms with E-state index in [0.29, 0.717) is 19.8 Å². The Morgan fingerprint density at radius 1 is 1.23 bits per heavy atom. The number of furan rings is 1. The Balaban J connectivity index is 1.87. The van der Waals surface area contributed by atoms with Crippen LogP contribution in [-0.4, -0.2) is 49.5 Å². The average molecular weight is 361 g/mol. The highest BCUT2D eigenvalue weighted by Gasteiger charge is 2.14. The van der Waals surface area contributed by atoms with Gasteiger partial charge in [-0.1, -0.05) is 23.8 Å². The summed E-state index contributed by atoms with van der Waals surface area (Å²) in [4.78, 5) is 2.27. The Labute approximate surface area is 156 Å². The Morgan fingerprint density at radius 2 is 2.08 bits per heavy atom. The van der Waals surface area contributed by atoms with Gasteiger partial charge in [-0.05, 0) is 43.5 Å². The molecule has 0 bridgehead atoms. The number of ether oxygens (including phenoxy) is 2. The molecule has 144 valence electrons. The summed E-state index contributed by atoms with van der Waals surface area (Å²) in [6, 6.07) is 10.2. The zero-order chi connectivity index (χ0) is 18.8. The van der Waals surface area contributed by atoms with Gasteiger partial charge in [0.1, 0.15) is 12.4 Å². The summed E-state index contributed by atoms with van der Waals surface area (Å²) in [5, 5.41) is 10.4. The highest BCUT2D eigenvalue weighted by Crippen LogP contribution is 2.14. The van der Waals surface area contributed by atoms with Crippen LogP contribution in [0, 0.1) is 13.8 Å². The van der Waals surface area contributed by atoms with Gasteiger partial charge >= 0.3 is 0 Å². The third-order valence-electron chi connectivity index (χ3n) is 4.32. The first kappa shape index (κ1) is 20.6.